The normalized spacial score (nSPS) is 18.9. The zero-order valence-corrected chi connectivity index (χ0v) is 42.9. The molecule has 0 aromatic heterocycles. The fraction of sp³-hybridized carbons (Fsp3) is 0.540. The second kappa shape index (κ2) is 29.3. The van der Waals surface area contributed by atoms with Gasteiger partial charge < -0.3 is 85.3 Å². The monoisotopic (exact) mass is 1080 g/mol. The van der Waals surface area contributed by atoms with Crippen LogP contribution < -0.4 is 55.3 Å². The Hall–Kier alpha value is -8.07. The van der Waals surface area contributed by atoms with E-state index in [0.29, 0.717) is 49.8 Å². The van der Waals surface area contributed by atoms with Crippen molar-refractivity contribution in [2.24, 2.45) is 38.7 Å². The van der Waals surface area contributed by atoms with Gasteiger partial charge in [-0.25, -0.2) is 4.79 Å². The molecule has 3 saturated heterocycles. The van der Waals surface area contributed by atoms with Gasteiger partial charge in [-0.15, -0.1) is 0 Å². The van der Waals surface area contributed by atoms with Crippen molar-refractivity contribution in [3.63, 3.8) is 0 Å². The maximum Gasteiger partial charge on any atom is 0.326 e. The molecule has 27 nitrogen and oxygen atoms in total. The van der Waals surface area contributed by atoms with E-state index in [1.165, 1.54) is 34.1 Å². The summed E-state index contributed by atoms with van der Waals surface area (Å²) in [5.41, 5.74) is 28.8. The van der Waals surface area contributed by atoms with E-state index in [2.05, 4.69) is 36.6 Å². The zero-order valence-electron chi connectivity index (χ0n) is 42.9. The number of nitrogens with one attached hydrogen (secondary N) is 5. The Kier molecular flexibility index (Phi) is 22.7. The minimum Gasteiger partial charge on any atom is -0.508 e. The second-order valence-electron chi connectivity index (χ2n) is 19.2. The van der Waals surface area contributed by atoms with Crippen LogP contribution in [0.5, 0.6) is 5.75 Å². The Labute approximate surface area is 445 Å². The van der Waals surface area contributed by atoms with Gasteiger partial charge in [-0.2, -0.15) is 0 Å². The van der Waals surface area contributed by atoms with Crippen LogP contribution in [0.3, 0.4) is 0 Å². The molecule has 420 valence electrons. The lowest BCUT2D eigenvalue weighted by Gasteiger charge is -2.32. The first-order chi connectivity index (χ1) is 36.8. The molecular formula is C50H73N15O12. The van der Waals surface area contributed by atoms with Crippen LogP contribution in [0, 0.1) is 0 Å². The number of guanidine groups is 2. The first kappa shape index (κ1) is 59.8. The molecule has 3 aliphatic rings. The molecule has 0 spiro atoms. The van der Waals surface area contributed by atoms with Crippen LogP contribution in [0.4, 0.5) is 0 Å². The summed E-state index contributed by atoms with van der Waals surface area (Å²) in [6.45, 7) is -0.589. The number of carbonyl (C=O) groups excluding carboxylic acids is 8. The molecule has 0 saturated carbocycles. The summed E-state index contributed by atoms with van der Waals surface area (Å²) < 4.78 is 0. The first-order valence-corrected chi connectivity index (χ1v) is 25.7. The van der Waals surface area contributed by atoms with E-state index in [1.54, 1.807) is 30.3 Å². The molecule has 2 aromatic carbocycles. The van der Waals surface area contributed by atoms with E-state index < -0.39 is 115 Å². The molecule has 5 rings (SSSR count). The number of hydrogen-bond donors (Lipinski definition) is 13. The highest BCUT2D eigenvalue weighted by Gasteiger charge is 2.44. The Balaban J connectivity index is 1.22. The number of aliphatic imine (C=N–C) groups is 2. The number of aliphatic hydroxyl groups is 1. The largest absolute Gasteiger partial charge is 0.508 e. The molecule has 77 heavy (non-hydrogen) atoms. The number of likely N-dealkylation sites (tertiary alicyclic amines) is 3. The van der Waals surface area contributed by atoms with E-state index in [1.807, 2.05) is 0 Å². The number of carbonyl (C=O) groups is 9. The quantitative estimate of drug-likeness (QED) is 0.0229. The number of nitrogens with zero attached hydrogens (tertiary/aromatic N) is 5. The minimum absolute atomic E-state index is 0.0289. The number of phenols is 1. The fourth-order valence-electron chi connectivity index (χ4n) is 9.57. The standard InChI is InChI=1S/C50H73N15O12/c51-32(11-4-20-56-49(52)53)45(73)65-24-8-15-39(65)47(75)64-23-6-13-37(64)43(71)58-27-40(68)59-34(26-30-16-18-31(67)19-17-30)41(69)62-36(28-66)46(74)63-22-7-14-38(63)44(72)61-35(25-29-9-2-1-3-10-29)42(70)60-33(48(76)77)12-5-21-57-50(54)55/h1-3,9-10,16-19,32-39,66-67H,4-8,11-15,20-28,51H2,(H,58,71)(H,59,68)(H,60,70)(H,61,72)(H,62,69)(H,76,77)(H4,52,53,56)(H4,54,55,57)/t32-,33-,34-,35-,36-,37-,38-,39-/m0/s1. The van der Waals surface area contributed by atoms with Crippen molar-refractivity contribution in [2.45, 2.75) is 125 Å². The van der Waals surface area contributed by atoms with Crippen LogP contribution in [0.25, 0.3) is 0 Å². The number of amides is 8. The average molecular weight is 1080 g/mol. The Morgan fingerprint density at radius 3 is 1.68 bits per heavy atom. The summed E-state index contributed by atoms with van der Waals surface area (Å²) in [4.78, 5) is 134. The third-order valence-corrected chi connectivity index (χ3v) is 13.5. The van der Waals surface area contributed by atoms with Gasteiger partial charge in [0.25, 0.3) is 0 Å². The van der Waals surface area contributed by atoms with Crippen LogP contribution in [-0.2, 0) is 56.0 Å². The maximum absolute atomic E-state index is 14.2. The number of aliphatic hydroxyl groups excluding tert-OH is 1. The maximum atomic E-state index is 14.2. The Bertz CT molecular complexity index is 2460. The van der Waals surface area contributed by atoms with Gasteiger partial charge in [0, 0.05) is 45.6 Å². The van der Waals surface area contributed by atoms with E-state index in [0.717, 1.165) is 4.90 Å². The van der Waals surface area contributed by atoms with Crippen molar-refractivity contribution in [3.8, 4) is 5.75 Å². The van der Waals surface area contributed by atoms with Crippen LogP contribution in [-0.4, -0.2) is 189 Å². The molecule has 3 aliphatic heterocycles. The summed E-state index contributed by atoms with van der Waals surface area (Å²) in [5, 5.41) is 43.1. The number of phenolic OH excluding ortho intramolecular Hbond substituents is 1. The molecule has 3 heterocycles. The highest BCUT2D eigenvalue weighted by Crippen LogP contribution is 2.26. The lowest BCUT2D eigenvalue weighted by atomic mass is 10.0. The molecule has 27 heteroatoms. The number of carboxylic acids is 1. The highest BCUT2D eigenvalue weighted by atomic mass is 16.4. The van der Waals surface area contributed by atoms with Gasteiger partial charge in [0.2, 0.25) is 47.3 Å². The van der Waals surface area contributed by atoms with E-state index in [4.69, 9.17) is 28.7 Å². The molecular weight excluding hydrogens is 1000 g/mol. The summed E-state index contributed by atoms with van der Waals surface area (Å²) in [6.07, 6.45) is 2.85. The second-order valence-corrected chi connectivity index (χ2v) is 19.2. The Morgan fingerprint density at radius 2 is 1.10 bits per heavy atom. The summed E-state index contributed by atoms with van der Waals surface area (Å²) in [6, 6.07) is 4.81. The van der Waals surface area contributed by atoms with Crippen molar-refractivity contribution in [2.75, 3.05) is 45.9 Å². The summed E-state index contributed by atoms with van der Waals surface area (Å²) in [5.74, 6) is -7.26. The van der Waals surface area contributed by atoms with Crippen molar-refractivity contribution in [1.82, 2.24) is 41.3 Å². The van der Waals surface area contributed by atoms with Crippen LogP contribution in [0.1, 0.15) is 75.3 Å². The van der Waals surface area contributed by atoms with Gasteiger partial charge in [0.15, 0.2) is 11.9 Å². The first-order valence-electron chi connectivity index (χ1n) is 25.7. The van der Waals surface area contributed by atoms with Gasteiger partial charge in [-0.05, 0) is 87.5 Å². The van der Waals surface area contributed by atoms with Crippen LogP contribution in [0.2, 0.25) is 0 Å². The van der Waals surface area contributed by atoms with Crippen LogP contribution >= 0.6 is 0 Å². The van der Waals surface area contributed by atoms with E-state index >= 15 is 0 Å². The highest BCUT2D eigenvalue weighted by molar-refractivity contribution is 5.98. The number of benzene rings is 2. The van der Waals surface area contributed by atoms with E-state index in [-0.39, 0.29) is 88.8 Å². The number of nitrogens with two attached hydrogens (primary N) is 5. The average Bonchev–Trinajstić information content (AvgIpc) is 4.22. The van der Waals surface area contributed by atoms with Gasteiger partial charge >= 0.3 is 5.97 Å². The smallest absolute Gasteiger partial charge is 0.326 e. The topological polar surface area (TPSA) is 439 Å². The Morgan fingerprint density at radius 1 is 0.597 bits per heavy atom. The minimum atomic E-state index is -1.63. The van der Waals surface area contributed by atoms with Gasteiger partial charge in [0.05, 0.1) is 19.2 Å². The third-order valence-electron chi connectivity index (χ3n) is 13.5. The predicted octanol–water partition coefficient (Wildman–Crippen LogP) is -4.28. The lowest BCUT2D eigenvalue weighted by Crippen LogP contribution is -2.60. The molecule has 8 atom stereocenters. The van der Waals surface area contributed by atoms with Gasteiger partial charge in [0.1, 0.15) is 48.0 Å². The zero-order chi connectivity index (χ0) is 56.2. The van der Waals surface area contributed by atoms with E-state index in [9.17, 15) is 58.5 Å². The summed E-state index contributed by atoms with van der Waals surface area (Å²) >= 11 is 0. The van der Waals surface area contributed by atoms with Crippen LogP contribution in [0.15, 0.2) is 64.6 Å². The molecule has 0 unspecified atom stereocenters. The molecule has 2 aromatic rings. The van der Waals surface area contributed by atoms with Crippen molar-refractivity contribution < 1.29 is 58.5 Å². The molecule has 18 N–H and O–H groups in total. The number of hydrogen-bond acceptors (Lipinski definition) is 14. The number of aliphatic carboxylic acids is 1. The lowest BCUT2D eigenvalue weighted by molar-refractivity contribution is -0.147. The molecule has 0 radical (unpaired) electrons. The van der Waals surface area contributed by atoms with Crippen molar-refractivity contribution in [1.29, 1.82) is 0 Å². The summed E-state index contributed by atoms with van der Waals surface area (Å²) in [7, 11) is 0. The van der Waals surface area contributed by atoms with Gasteiger partial charge in [-0.3, -0.25) is 48.3 Å². The SMILES string of the molecule is NC(N)=NCCC[C@H](NC(=O)[C@H](Cc1ccccc1)NC(=O)[C@@H]1CCCN1C(=O)[C@H](CO)NC(=O)[C@H](Cc1ccc(O)cc1)NC(=O)CNC(=O)[C@@H]1CCCN1C(=O)[C@@H]1CCCN1C(=O)[C@@H](N)CCCN=C(N)N)C(=O)O. The third kappa shape index (κ3) is 17.8. The van der Waals surface area contributed by atoms with Gasteiger partial charge in [-0.1, -0.05) is 42.5 Å². The molecule has 8 amide bonds. The molecule has 0 bridgehead atoms. The predicted molar refractivity (Wildman–Crippen MR) is 279 cm³/mol. The molecule has 3 fully saturated rings. The number of carboxylic acid groups (broad SMARTS) is 1. The van der Waals surface area contributed by atoms with Crippen molar-refractivity contribution in [3.05, 3.63) is 65.7 Å². The van der Waals surface area contributed by atoms with Crippen molar-refractivity contribution >= 4 is 65.1 Å². The fourth-order valence-corrected chi connectivity index (χ4v) is 9.57. The number of aromatic hydroxyl groups is 1. The molecule has 0 aliphatic carbocycles. The number of rotatable bonds is 27.